The number of hydrogen-bond acceptors (Lipinski definition) is 3. The molecule has 0 saturated heterocycles. The fourth-order valence-corrected chi connectivity index (χ4v) is 2.58. The minimum absolute atomic E-state index is 0.808. The van der Waals surface area contributed by atoms with Gasteiger partial charge in [0.15, 0.2) is 0 Å². The van der Waals surface area contributed by atoms with E-state index in [0.717, 1.165) is 42.2 Å². The molecule has 114 valence electrons. The molecule has 0 fully saturated rings. The maximum atomic E-state index is 5.25. The van der Waals surface area contributed by atoms with Crippen molar-refractivity contribution in [2.45, 2.75) is 20.0 Å². The summed E-state index contributed by atoms with van der Waals surface area (Å²) < 4.78 is 5.25. The first-order valence-corrected chi connectivity index (χ1v) is 7.57. The number of nitrogens with one attached hydrogen (secondary N) is 1. The monoisotopic (exact) mass is 295 g/mol. The quantitative estimate of drug-likeness (QED) is 0.755. The second-order valence-corrected chi connectivity index (χ2v) is 5.36. The van der Waals surface area contributed by atoms with Crippen LogP contribution >= 0.6 is 0 Å². The van der Waals surface area contributed by atoms with Gasteiger partial charge in [0.2, 0.25) is 0 Å². The van der Waals surface area contributed by atoms with Gasteiger partial charge < -0.3 is 9.72 Å². The number of fused-ring (bicyclic) bond motifs is 1. The van der Waals surface area contributed by atoms with Gasteiger partial charge in [0, 0.05) is 12.6 Å². The highest BCUT2D eigenvalue weighted by molar-refractivity contribution is 5.76. The standard InChI is InChI=1S/C18H21N3O/c1-3-21(12-14-7-5-4-6-8-14)13-18-19-16-10-9-15(22-2)11-17(16)20-18/h4-11H,3,12-13H2,1-2H3,(H,19,20). The molecule has 4 nitrogen and oxygen atoms in total. The average Bonchev–Trinajstić information content (AvgIpc) is 2.96. The highest BCUT2D eigenvalue weighted by Crippen LogP contribution is 2.19. The molecular formula is C18H21N3O. The summed E-state index contributed by atoms with van der Waals surface area (Å²) in [4.78, 5) is 10.4. The smallest absolute Gasteiger partial charge is 0.121 e. The minimum Gasteiger partial charge on any atom is -0.497 e. The summed E-state index contributed by atoms with van der Waals surface area (Å²) in [6.45, 7) is 4.89. The summed E-state index contributed by atoms with van der Waals surface area (Å²) >= 11 is 0. The lowest BCUT2D eigenvalue weighted by Crippen LogP contribution is -2.22. The van der Waals surface area contributed by atoms with Crippen LogP contribution in [0.15, 0.2) is 48.5 Å². The highest BCUT2D eigenvalue weighted by Gasteiger charge is 2.09. The second-order valence-electron chi connectivity index (χ2n) is 5.36. The molecule has 0 aliphatic heterocycles. The SMILES string of the molecule is CCN(Cc1ccccc1)Cc1nc2ccc(OC)cc2[nH]1. The predicted molar refractivity (Wildman–Crippen MR) is 88.9 cm³/mol. The normalized spacial score (nSPS) is 11.2. The Bertz CT molecular complexity index is 736. The zero-order valence-electron chi connectivity index (χ0n) is 13.0. The van der Waals surface area contributed by atoms with Crippen molar-refractivity contribution in [3.05, 3.63) is 59.9 Å². The van der Waals surface area contributed by atoms with Gasteiger partial charge in [0.1, 0.15) is 11.6 Å². The summed E-state index contributed by atoms with van der Waals surface area (Å²) in [5.41, 5.74) is 3.32. The third kappa shape index (κ3) is 3.28. The summed E-state index contributed by atoms with van der Waals surface area (Å²) in [5, 5.41) is 0. The number of methoxy groups -OCH3 is 1. The van der Waals surface area contributed by atoms with Gasteiger partial charge in [0.05, 0.1) is 24.7 Å². The van der Waals surface area contributed by atoms with E-state index in [1.807, 2.05) is 24.3 Å². The van der Waals surface area contributed by atoms with Crippen LogP contribution in [0.3, 0.4) is 0 Å². The van der Waals surface area contributed by atoms with Crippen molar-refractivity contribution in [1.82, 2.24) is 14.9 Å². The van der Waals surface area contributed by atoms with Crippen LogP contribution in [0.2, 0.25) is 0 Å². The van der Waals surface area contributed by atoms with E-state index in [1.54, 1.807) is 7.11 Å². The maximum absolute atomic E-state index is 5.25. The number of nitrogens with zero attached hydrogens (tertiary/aromatic N) is 2. The van der Waals surface area contributed by atoms with Crippen LogP contribution in [0, 0.1) is 0 Å². The molecule has 3 aromatic rings. The Morgan fingerprint density at radius 2 is 1.91 bits per heavy atom. The van der Waals surface area contributed by atoms with Crippen molar-refractivity contribution < 1.29 is 4.74 Å². The molecule has 0 spiro atoms. The van der Waals surface area contributed by atoms with E-state index < -0.39 is 0 Å². The Kier molecular flexibility index (Phi) is 4.39. The average molecular weight is 295 g/mol. The van der Waals surface area contributed by atoms with Crippen LogP contribution in [0.1, 0.15) is 18.3 Å². The van der Waals surface area contributed by atoms with Crippen molar-refractivity contribution in [3.63, 3.8) is 0 Å². The number of aromatic nitrogens is 2. The summed E-state index contributed by atoms with van der Waals surface area (Å²) in [6.07, 6.45) is 0. The second kappa shape index (κ2) is 6.62. The van der Waals surface area contributed by atoms with Crippen LogP contribution in [0.5, 0.6) is 5.75 Å². The van der Waals surface area contributed by atoms with E-state index in [4.69, 9.17) is 4.74 Å². The van der Waals surface area contributed by atoms with Gasteiger partial charge in [-0.3, -0.25) is 4.90 Å². The zero-order valence-corrected chi connectivity index (χ0v) is 13.0. The molecule has 1 aromatic heterocycles. The third-order valence-corrected chi connectivity index (χ3v) is 3.81. The lowest BCUT2D eigenvalue weighted by Gasteiger charge is -2.19. The van der Waals surface area contributed by atoms with Gasteiger partial charge in [-0.15, -0.1) is 0 Å². The van der Waals surface area contributed by atoms with Gasteiger partial charge in [-0.1, -0.05) is 37.3 Å². The van der Waals surface area contributed by atoms with Crippen molar-refractivity contribution in [1.29, 1.82) is 0 Å². The van der Waals surface area contributed by atoms with Crippen molar-refractivity contribution in [2.24, 2.45) is 0 Å². The molecule has 0 amide bonds. The Balaban J connectivity index is 1.75. The summed E-state index contributed by atoms with van der Waals surface area (Å²) in [6, 6.07) is 16.4. The van der Waals surface area contributed by atoms with E-state index in [1.165, 1.54) is 5.56 Å². The first-order chi connectivity index (χ1) is 10.8. The fraction of sp³-hybridized carbons (Fsp3) is 0.278. The molecule has 3 rings (SSSR count). The van der Waals surface area contributed by atoms with Crippen LogP contribution in [0.4, 0.5) is 0 Å². The number of H-pyrrole nitrogens is 1. The van der Waals surface area contributed by atoms with E-state index >= 15 is 0 Å². The molecule has 0 atom stereocenters. The first kappa shape index (κ1) is 14.6. The minimum atomic E-state index is 0.808. The van der Waals surface area contributed by atoms with Gasteiger partial charge in [-0.05, 0) is 24.2 Å². The zero-order chi connectivity index (χ0) is 15.4. The summed E-state index contributed by atoms with van der Waals surface area (Å²) in [7, 11) is 1.68. The fourth-order valence-electron chi connectivity index (χ4n) is 2.58. The van der Waals surface area contributed by atoms with Crippen molar-refractivity contribution >= 4 is 11.0 Å². The Hall–Kier alpha value is -2.33. The molecule has 0 radical (unpaired) electrons. The molecular weight excluding hydrogens is 274 g/mol. The van der Waals surface area contributed by atoms with E-state index in [-0.39, 0.29) is 0 Å². The number of ether oxygens (including phenoxy) is 1. The number of hydrogen-bond donors (Lipinski definition) is 1. The van der Waals surface area contributed by atoms with Crippen LogP contribution < -0.4 is 4.74 Å². The molecule has 1 heterocycles. The lowest BCUT2D eigenvalue weighted by atomic mass is 10.2. The van der Waals surface area contributed by atoms with Crippen LogP contribution in [0.25, 0.3) is 11.0 Å². The van der Waals surface area contributed by atoms with Gasteiger partial charge >= 0.3 is 0 Å². The molecule has 0 aliphatic rings. The Labute approximate surface area is 130 Å². The molecule has 0 unspecified atom stereocenters. The predicted octanol–water partition coefficient (Wildman–Crippen LogP) is 3.59. The third-order valence-electron chi connectivity index (χ3n) is 3.81. The van der Waals surface area contributed by atoms with Crippen molar-refractivity contribution in [2.75, 3.05) is 13.7 Å². The first-order valence-electron chi connectivity index (χ1n) is 7.57. The lowest BCUT2D eigenvalue weighted by molar-refractivity contribution is 0.265. The topological polar surface area (TPSA) is 41.2 Å². The molecule has 4 heteroatoms. The molecule has 0 aliphatic carbocycles. The molecule has 0 bridgehead atoms. The van der Waals surface area contributed by atoms with Gasteiger partial charge in [-0.25, -0.2) is 4.98 Å². The van der Waals surface area contributed by atoms with Crippen LogP contribution in [-0.2, 0) is 13.1 Å². The Morgan fingerprint density at radius 3 is 2.64 bits per heavy atom. The number of imidazole rings is 1. The van der Waals surface area contributed by atoms with Gasteiger partial charge in [0.25, 0.3) is 0 Å². The summed E-state index contributed by atoms with van der Waals surface area (Å²) in [5.74, 6) is 1.83. The van der Waals surface area contributed by atoms with E-state index in [2.05, 4.69) is 46.1 Å². The molecule has 2 aromatic carbocycles. The Morgan fingerprint density at radius 1 is 1.09 bits per heavy atom. The number of benzene rings is 2. The molecule has 1 N–H and O–H groups in total. The van der Waals surface area contributed by atoms with E-state index in [9.17, 15) is 0 Å². The highest BCUT2D eigenvalue weighted by atomic mass is 16.5. The number of rotatable bonds is 6. The molecule has 0 saturated carbocycles. The molecule has 22 heavy (non-hydrogen) atoms. The van der Waals surface area contributed by atoms with Gasteiger partial charge in [-0.2, -0.15) is 0 Å². The van der Waals surface area contributed by atoms with Crippen LogP contribution in [-0.4, -0.2) is 28.5 Å². The van der Waals surface area contributed by atoms with Crippen molar-refractivity contribution in [3.8, 4) is 5.75 Å². The maximum Gasteiger partial charge on any atom is 0.121 e. The number of aromatic amines is 1. The van der Waals surface area contributed by atoms with E-state index in [0.29, 0.717) is 0 Å². The largest absolute Gasteiger partial charge is 0.497 e.